The number of hydrogen-bond acceptors (Lipinski definition) is 14. The number of fused-ring (bicyclic) bond motifs is 4. The highest BCUT2D eigenvalue weighted by Crippen LogP contribution is 2.43. The number of nitrogens with one attached hydrogen (secondary N) is 3. The zero-order chi connectivity index (χ0) is 48.1. The molecule has 5 aromatic rings. The Kier molecular flexibility index (Phi) is 14.8. The topological polar surface area (TPSA) is 223 Å². The average molecular weight is 966 g/mol. The third kappa shape index (κ3) is 10.2. The summed E-state index contributed by atoms with van der Waals surface area (Å²) in [6.45, 7) is 6.94. The largest absolute Gasteiger partial charge is 0.493 e. The van der Waals surface area contributed by atoms with Gasteiger partial charge in [-0.05, 0) is 76.3 Å². The first-order valence-corrected chi connectivity index (χ1v) is 23.7. The van der Waals surface area contributed by atoms with E-state index in [0.717, 1.165) is 58.9 Å². The van der Waals surface area contributed by atoms with Crippen LogP contribution in [0.5, 0.6) is 17.2 Å². The maximum atomic E-state index is 13.4. The van der Waals surface area contributed by atoms with Crippen LogP contribution in [-0.2, 0) is 20.9 Å². The normalized spacial score (nSPS) is 17.5. The maximum Gasteiger partial charge on any atom is 0.257 e. The van der Waals surface area contributed by atoms with Crippen molar-refractivity contribution in [3.63, 3.8) is 0 Å². The lowest BCUT2D eigenvalue weighted by Gasteiger charge is -2.32. The number of carbonyl (C=O) groups is 4. The molecule has 18 nitrogen and oxygen atoms in total. The third-order valence-corrected chi connectivity index (χ3v) is 13.7. The van der Waals surface area contributed by atoms with Gasteiger partial charge in [-0.25, -0.2) is 0 Å². The molecule has 8 rings (SSSR count). The molecule has 0 spiro atoms. The molecule has 4 N–H and O–H groups in total. The van der Waals surface area contributed by atoms with Gasteiger partial charge in [-0.1, -0.05) is 42.6 Å². The predicted octanol–water partition coefficient (Wildman–Crippen LogP) is 7.05. The number of aromatic nitrogens is 3. The summed E-state index contributed by atoms with van der Waals surface area (Å²) >= 11 is 7.91. The minimum atomic E-state index is -0.923. The number of hydrogen-bond donors (Lipinski definition) is 4. The van der Waals surface area contributed by atoms with E-state index in [1.54, 1.807) is 41.7 Å². The van der Waals surface area contributed by atoms with Crippen LogP contribution in [0.2, 0.25) is 5.02 Å². The number of thiophene rings is 1. The van der Waals surface area contributed by atoms with E-state index >= 15 is 0 Å². The number of nitrogens with zero attached hydrogens (tertiary/aromatic N) is 7. The molecular weight excluding hydrogens is 912 g/mol. The number of carbonyl (C=O) groups excluding carboxylic acids is 4. The van der Waals surface area contributed by atoms with Crippen LogP contribution in [0.4, 0.5) is 11.4 Å². The molecule has 2 aromatic heterocycles. The average Bonchev–Trinajstić information content (AvgIpc) is 3.94. The zero-order valence-electron chi connectivity index (χ0n) is 38.4. The van der Waals surface area contributed by atoms with Crippen LogP contribution in [0.3, 0.4) is 0 Å². The molecule has 3 atom stereocenters. The van der Waals surface area contributed by atoms with E-state index in [2.05, 4.69) is 50.2 Å². The summed E-state index contributed by atoms with van der Waals surface area (Å²) in [6.07, 6.45) is 3.10. The predicted molar refractivity (Wildman–Crippen MR) is 255 cm³/mol. The molecule has 0 radical (unpaired) electrons. The molecule has 3 aromatic carbocycles. The fourth-order valence-electron chi connectivity index (χ4n) is 8.57. The lowest BCUT2D eigenvalue weighted by atomic mass is 9.99. The highest BCUT2D eigenvalue weighted by molar-refractivity contribution is 7.15. The molecule has 68 heavy (non-hydrogen) atoms. The van der Waals surface area contributed by atoms with Crippen LogP contribution in [0.1, 0.15) is 100 Å². The number of amides is 4. The number of halogens is 1. The summed E-state index contributed by atoms with van der Waals surface area (Å²) < 4.78 is 19.0. The second-order valence-electron chi connectivity index (χ2n) is 16.7. The van der Waals surface area contributed by atoms with Crippen molar-refractivity contribution in [2.45, 2.75) is 90.6 Å². The number of aliphatic hydroxyl groups is 1. The highest BCUT2D eigenvalue weighted by Gasteiger charge is 2.40. The van der Waals surface area contributed by atoms with Crippen molar-refractivity contribution in [1.82, 2.24) is 35.6 Å². The van der Waals surface area contributed by atoms with Gasteiger partial charge < -0.3 is 40.2 Å². The summed E-state index contributed by atoms with van der Waals surface area (Å²) in [5.74, 6) is 0.999. The molecule has 4 amide bonds. The number of unbranched alkanes of at least 4 members (excludes halogenated alkanes) is 3. The molecule has 1 fully saturated rings. The van der Waals surface area contributed by atoms with E-state index < -0.39 is 24.2 Å². The molecule has 2 unspecified atom stereocenters. The number of aryl methyl sites for hydroxylation is 2. The fraction of sp³-hybridized carbons (Fsp3) is 0.396. The minimum Gasteiger partial charge on any atom is -0.493 e. The van der Waals surface area contributed by atoms with E-state index in [9.17, 15) is 24.3 Å². The van der Waals surface area contributed by atoms with Gasteiger partial charge in [0.2, 0.25) is 17.6 Å². The number of methoxy groups -OCH3 is 2. The number of rotatable bonds is 18. The number of aliphatic hydroxyl groups excluding tert-OH is 1. The van der Waals surface area contributed by atoms with Crippen LogP contribution < -0.4 is 30.2 Å². The smallest absolute Gasteiger partial charge is 0.257 e. The quantitative estimate of drug-likeness (QED) is 0.0518. The summed E-state index contributed by atoms with van der Waals surface area (Å²) in [5.41, 5.74) is 5.76. The molecule has 356 valence electrons. The first-order chi connectivity index (χ1) is 32.8. The number of aliphatic imine (C=N–C) groups is 1. The van der Waals surface area contributed by atoms with Gasteiger partial charge >= 0.3 is 0 Å². The Morgan fingerprint density at radius 2 is 1.63 bits per heavy atom. The van der Waals surface area contributed by atoms with E-state index in [4.69, 9.17) is 30.8 Å². The van der Waals surface area contributed by atoms with Gasteiger partial charge in [0, 0.05) is 63.9 Å². The summed E-state index contributed by atoms with van der Waals surface area (Å²) in [7, 11) is 2.91. The van der Waals surface area contributed by atoms with Crippen LogP contribution in [0.25, 0.3) is 5.00 Å². The van der Waals surface area contributed by atoms with E-state index in [1.807, 2.05) is 35.8 Å². The standard InChI is InChI=1S/C48H53ClN10O8S/c1-26-27(2)68-48-42(26)43(29-13-15-30(49)16-14-29)52-35(45-57-54-28(3)59(45)48)23-40(61)50-19-8-6-7-9-20-51-41(62)25-67-44-37(65-4)21-31(22-38(44)66-5)55-56-34-12-10-11-32-33(34)24-58(47(32)64)36-17-18-39(60)53-46(36)63/h10-16,21-22,35-36,39,60H,6-9,17-20,23-25H2,1-5H3,(H,50,61)(H,51,62)(H,53,63)/t35-,36?,39?/m0/s1. The Morgan fingerprint density at radius 1 is 0.926 bits per heavy atom. The van der Waals surface area contributed by atoms with Crippen molar-refractivity contribution in [1.29, 1.82) is 0 Å². The second-order valence-corrected chi connectivity index (χ2v) is 18.4. The Balaban J connectivity index is 0.784. The number of azo groups is 1. The first kappa shape index (κ1) is 47.8. The molecule has 20 heteroatoms. The van der Waals surface area contributed by atoms with Gasteiger partial charge in [0.25, 0.3) is 11.8 Å². The molecule has 1 saturated heterocycles. The lowest BCUT2D eigenvalue weighted by Crippen LogP contribution is -2.54. The molecule has 0 bridgehead atoms. The Hall–Kier alpha value is -6.70. The number of piperidine rings is 1. The summed E-state index contributed by atoms with van der Waals surface area (Å²) in [6, 6.07) is 14.7. The van der Waals surface area contributed by atoms with Gasteiger partial charge in [0.1, 0.15) is 29.1 Å². The Bertz CT molecular complexity index is 2760. The van der Waals surface area contributed by atoms with Crippen molar-refractivity contribution in [3.8, 4) is 22.2 Å². The van der Waals surface area contributed by atoms with Crippen molar-refractivity contribution >= 4 is 63.7 Å². The minimum absolute atomic E-state index is 0.112. The van der Waals surface area contributed by atoms with Gasteiger partial charge in [-0.15, -0.1) is 21.5 Å². The van der Waals surface area contributed by atoms with Crippen LogP contribution in [0, 0.1) is 20.8 Å². The van der Waals surface area contributed by atoms with Crippen LogP contribution in [0.15, 0.2) is 69.8 Å². The van der Waals surface area contributed by atoms with Crippen molar-refractivity contribution < 1.29 is 38.5 Å². The molecule has 0 aliphatic carbocycles. The van der Waals surface area contributed by atoms with E-state index in [-0.39, 0.29) is 54.5 Å². The highest BCUT2D eigenvalue weighted by atomic mass is 35.5. The summed E-state index contributed by atoms with van der Waals surface area (Å²) in [4.78, 5) is 59.9. The van der Waals surface area contributed by atoms with E-state index in [1.165, 1.54) is 24.0 Å². The van der Waals surface area contributed by atoms with Crippen molar-refractivity contribution in [2.24, 2.45) is 15.2 Å². The van der Waals surface area contributed by atoms with Crippen molar-refractivity contribution in [3.05, 3.63) is 104 Å². The van der Waals surface area contributed by atoms with Crippen LogP contribution in [-0.4, -0.2) is 100 Å². The first-order valence-electron chi connectivity index (χ1n) is 22.5. The lowest BCUT2D eigenvalue weighted by molar-refractivity contribution is -0.132. The van der Waals surface area contributed by atoms with E-state index in [0.29, 0.717) is 59.3 Å². The molecular formula is C48H53ClN10O8S. The van der Waals surface area contributed by atoms with Crippen LogP contribution >= 0.6 is 22.9 Å². The van der Waals surface area contributed by atoms with Gasteiger partial charge in [-0.2, -0.15) is 10.2 Å². The van der Waals surface area contributed by atoms with Gasteiger partial charge in [0.05, 0.1) is 37.7 Å². The SMILES string of the molecule is COc1cc(N=Nc2cccc3c2CN(C2CCC(O)NC2=O)C3=O)cc(OC)c1OCC(=O)NCCCCCCNC(=O)C[C@@H]1N=C(c2ccc(Cl)cc2)c2c(sc(C)c2C)-n2c(C)nnc21. The van der Waals surface area contributed by atoms with Gasteiger partial charge in [0.15, 0.2) is 23.9 Å². The fourth-order valence-corrected chi connectivity index (χ4v) is 9.91. The Labute approximate surface area is 402 Å². The zero-order valence-corrected chi connectivity index (χ0v) is 40.0. The molecule has 5 heterocycles. The molecule has 3 aliphatic rings. The summed E-state index contributed by atoms with van der Waals surface area (Å²) in [5, 5.41) is 37.6. The monoisotopic (exact) mass is 964 g/mol. The maximum absolute atomic E-state index is 13.4. The molecule has 3 aliphatic heterocycles. The number of ether oxygens (including phenoxy) is 3. The number of benzene rings is 3. The Morgan fingerprint density at radius 3 is 2.32 bits per heavy atom. The molecule has 0 saturated carbocycles. The second kappa shape index (κ2) is 21.1. The third-order valence-electron chi connectivity index (χ3n) is 12.2. The van der Waals surface area contributed by atoms with Gasteiger partial charge in [-0.3, -0.25) is 28.7 Å². The van der Waals surface area contributed by atoms with Crippen molar-refractivity contribution in [2.75, 3.05) is 33.9 Å².